The minimum atomic E-state index is -0.533. The van der Waals surface area contributed by atoms with E-state index in [0.717, 1.165) is 49.1 Å². The molecule has 2 N–H and O–H groups in total. The van der Waals surface area contributed by atoms with Crippen LogP contribution in [0.1, 0.15) is 70.2 Å². The van der Waals surface area contributed by atoms with Crippen LogP contribution in [0, 0.1) is 17.3 Å². The zero-order valence-electron chi connectivity index (χ0n) is 18.2. The van der Waals surface area contributed by atoms with Gasteiger partial charge in [0.05, 0.1) is 23.1 Å². The topological polar surface area (TPSA) is 89.5 Å². The predicted molar refractivity (Wildman–Crippen MR) is 116 cm³/mol. The first kappa shape index (κ1) is 20.6. The van der Waals surface area contributed by atoms with Gasteiger partial charge in [-0.05, 0) is 55.1 Å². The van der Waals surface area contributed by atoms with Crippen LogP contribution >= 0.6 is 0 Å². The Balaban J connectivity index is 1.48. The lowest BCUT2D eigenvalue weighted by atomic mass is 9.87. The van der Waals surface area contributed by atoms with Gasteiger partial charge in [0.15, 0.2) is 0 Å². The standard InChI is InChI=1S/C24H32N4O3/c1-16(12-17-6-2-3-7-17)21(23(30)28(31)15-29)27-14-24(10-11-24)13-20(27)22-25-18-8-4-5-9-19(18)26-22/h4-5,8-9,15-17,20-21,31H,2-3,6-7,10-14H2,1H3,(H,25,26)/t16-,20+,21?/m1/s1. The van der Waals surface area contributed by atoms with E-state index in [1.54, 1.807) is 0 Å². The average molecular weight is 425 g/mol. The molecule has 0 bridgehead atoms. The van der Waals surface area contributed by atoms with Gasteiger partial charge in [0.2, 0.25) is 6.41 Å². The third kappa shape index (κ3) is 3.89. The van der Waals surface area contributed by atoms with Crippen molar-refractivity contribution >= 4 is 23.4 Å². The molecule has 0 radical (unpaired) electrons. The van der Waals surface area contributed by atoms with Crippen LogP contribution in [0.5, 0.6) is 0 Å². The number of likely N-dealkylation sites (tertiary alicyclic amines) is 1. The summed E-state index contributed by atoms with van der Waals surface area (Å²) in [4.78, 5) is 35.1. The quantitative estimate of drug-likeness (QED) is 0.398. The third-order valence-electron chi connectivity index (χ3n) is 7.88. The summed E-state index contributed by atoms with van der Waals surface area (Å²) in [6.45, 7) is 2.92. The molecule has 2 aliphatic carbocycles. The van der Waals surface area contributed by atoms with Crippen LogP contribution in [0.15, 0.2) is 24.3 Å². The maximum Gasteiger partial charge on any atom is 0.270 e. The van der Waals surface area contributed by atoms with Crippen LogP contribution in [-0.4, -0.2) is 50.0 Å². The number of aromatic amines is 1. The van der Waals surface area contributed by atoms with Crippen molar-refractivity contribution in [2.45, 2.75) is 70.4 Å². The molecule has 31 heavy (non-hydrogen) atoms. The van der Waals surface area contributed by atoms with Gasteiger partial charge in [-0.3, -0.25) is 19.7 Å². The Morgan fingerprint density at radius 3 is 2.77 bits per heavy atom. The first-order valence-electron chi connectivity index (χ1n) is 11.7. The van der Waals surface area contributed by atoms with Crippen molar-refractivity contribution < 1.29 is 14.8 Å². The normalized spacial score (nSPS) is 25.2. The number of nitrogens with one attached hydrogen (secondary N) is 1. The summed E-state index contributed by atoms with van der Waals surface area (Å²) in [5.74, 6) is 1.03. The van der Waals surface area contributed by atoms with Crippen LogP contribution in [0.25, 0.3) is 11.0 Å². The molecule has 1 aromatic carbocycles. The van der Waals surface area contributed by atoms with Crippen LogP contribution in [0.3, 0.4) is 0 Å². The highest BCUT2D eigenvalue weighted by Crippen LogP contribution is 2.59. The lowest BCUT2D eigenvalue weighted by molar-refractivity contribution is -0.176. The highest BCUT2D eigenvalue weighted by molar-refractivity contribution is 5.89. The number of benzene rings is 1. The number of para-hydroxylation sites is 2. The molecular formula is C24H32N4O3. The van der Waals surface area contributed by atoms with E-state index in [1.165, 1.54) is 25.7 Å². The molecule has 2 aromatic rings. The van der Waals surface area contributed by atoms with E-state index in [2.05, 4.69) is 16.8 Å². The number of rotatable bonds is 7. The Morgan fingerprint density at radius 2 is 2.10 bits per heavy atom. The zero-order valence-corrected chi connectivity index (χ0v) is 18.2. The number of H-pyrrole nitrogens is 1. The van der Waals surface area contributed by atoms with Crippen molar-refractivity contribution in [1.29, 1.82) is 0 Å². The van der Waals surface area contributed by atoms with Crippen LogP contribution < -0.4 is 0 Å². The lowest BCUT2D eigenvalue weighted by Gasteiger charge is -2.36. The number of amides is 2. The number of nitrogens with zero attached hydrogens (tertiary/aromatic N) is 3. The van der Waals surface area contributed by atoms with Crippen LogP contribution in [0.4, 0.5) is 0 Å². The molecule has 2 amide bonds. The molecule has 1 spiro atoms. The highest BCUT2D eigenvalue weighted by atomic mass is 16.5. The molecule has 166 valence electrons. The number of hydroxylamine groups is 2. The van der Waals surface area contributed by atoms with Gasteiger partial charge >= 0.3 is 0 Å². The first-order valence-corrected chi connectivity index (χ1v) is 11.7. The SMILES string of the molecule is C[C@H](CC1CCCC1)C(C(=O)N(O)C=O)N1CC2(CC2)C[C@H]1c1nc2ccccc2[nH]1. The summed E-state index contributed by atoms with van der Waals surface area (Å²) >= 11 is 0. The van der Waals surface area contributed by atoms with Crippen molar-refractivity contribution in [2.24, 2.45) is 17.3 Å². The van der Waals surface area contributed by atoms with Gasteiger partial charge in [0.1, 0.15) is 5.82 Å². The highest BCUT2D eigenvalue weighted by Gasteiger charge is 2.56. The number of carbonyl (C=O) groups is 2. The summed E-state index contributed by atoms with van der Waals surface area (Å²) in [5.41, 5.74) is 2.15. The maximum absolute atomic E-state index is 13.2. The molecular weight excluding hydrogens is 392 g/mol. The van der Waals surface area contributed by atoms with E-state index in [-0.39, 0.29) is 28.8 Å². The third-order valence-corrected chi connectivity index (χ3v) is 7.88. The van der Waals surface area contributed by atoms with Gasteiger partial charge in [-0.15, -0.1) is 0 Å². The fraction of sp³-hybridized carbons (Fsp3) is 0.625. The Bertz CT molecular complexity index is 930. The molecule has 5 rings (SSSR count). The van der Waals surface area contributed by atoms with Crippen LogP contribution in [-0.2, 0) is 9.59 Å². The number of carbonyl (C=O) groups excluding carboxylic acids is 2. The Hall–Kier alpha value is -2.25. The lowest BCUT2D eigenvalue weighted by Crippen LogP contribution is -2.51. The number of imidazole rings is 1. The van der Waals surface area contributed by atoms with Gasteiger partial charge < -0.3 is 4.98 Å². The Labute approximate surface area is 182 Å². The molecule has 7 nitrogen and oxygen atoms in total. The molecule has 1 aliphatic heterocycles. The van der Waals surface area contributed by atoms with E-state index < -0.39 is 11.9 Å². The molecule has 2 heterocycles. The molecule has 3 aliphatic rings. The second-order valence-electron chi connectivity index (χ2n) is 10.1. The molecule has 1 saturated heterocycles. The number of imide groups is 1. The van der Waals surface area contributed by atoms with E-state index in [4.69, 9.17) is 4.98 Å². The fourth-order valence-corrected chi connectivity index (χ4v) is 6.11. The second-order valence-corrected chi connectivity index (χ2v) is 10.1. The minimum Gasteiger partial charge on any atom is -0.341 e. The number of hydrogen-bond acceptors (Lipinski definition) is 5. The molecule has 2 saturated carbocycles. The van der Waals surface area contributed by atoms with Crippen molar-refractivity contribution in [1.82, 2.24) is 19.9 Å². The fourth-order valence-electron chi connectivity index (χ4n) is 6.11. The van der Waals surface area contributed by atoms with Gasteiger partial charge in [0.25, 0.3) is 5.91 Å². The van der Waals surface area contributed by atoms with Gasteiger partial charge in [0, 0.05) is 6.54 Å². The minimum absolute atomic E-state index is 0.0186. The Morgan fingerprint density at radius 1 is 1.35 bits per heavy atom. The smallest absolute Gasteiger partial charge is 0.270 e. The van der Waals surface area contributed by atoms with Gasteiger partial charge in [-0.2, -0.15) is 5.06 Å². The van der Waals surface area contributed by atoms with E-state index in [1.807, 2.05) is 24.3 Å². The van der Waals surface area contributed by atoms with E-state index in [9.17, 15) is 14.8 Å². The van der Waals surface area contributed by atoms with E-state index >= 15 is 0 Å². The number of aromatic nitrogens is 2. The van der Waals surface area contributed by atoms with Crippen molar-refractivity contribution in [3.8, 4) is 0 Å². The second kappa shape index (κ2) is 8.02. The average Bonchev–Trinajstić information content (AvgIpc) is 3.14. The Kier molecular flexibility index (Phi) is 5.34. The van der Waals surface area contributed by atoms with Crippen molar-refractivity contribution in [2.75, 3.05) is 6.54 Å². The number of fused-ring (bicyclic) bond motifs is 1. The molecule has 3 fully saturated rings. The molecule has 1 unspecified atom stereocenters. The zero-order chi connectivity index (χ0) is 21.6. The van der Waals surface area contributed by atoms with Crippen molar-refractivity contribution in [3.05, 3.63) is 30.1 Å². The molecule has 3 atom stereocenters. The summed E-state index contributed by atoms with van der Waals surface area (Å²) in [7, 11) is 0. The predicted octanol–water partition coefficient (Wildman–Crippen LogP) is 4.05. The summed E-state index contributed by atoms with van der Waals surface area (Å²) in [5, 5.41) is 10.3. The monoisotopic (exact) mass is 424 g/mol. The summed E-state index contributed by atoms with van der Waals surface area (Å²) in [6.07, 6.45) is 9.37. The first-order chi connectivity index (χ1) is 15.0. The maximum atomic E-state index is 13.2. The molecule has 7 heteroatoms. The number of hydrogen-bond donors (Lipinski definition) is 2. The molecule has 1 aromatic heterocycles. The van der Waals surface area contributed by atoms with E-state index in [0.29, 0.717) is 5.92 Å². The summed E-state index contributed by atoms with van der Waals surface area (Å²) < 4.78 is 0. The van der Waals surface area contributed by atoms with Gasteiger partial charge in [-0.1, -0.05) is 44.7 Å². The van der Waals surface area contributed by atoms with Gasteiger partial charge in [-0.25, -0.2) is 4.98 Å². The van der Waals surface area contributed by atoms with Crippen molar-refractivity contribution in [3.63, 3.8) is 0 Å². The largest absolute Gasteiger partial charge is 0.341 e. The van der Waals surface area contributed by atoms with Crippen LogP contribution in [0.2, 0.25) is 0 Å². The summed E-state index contributed by atoms with van der Waals surface area (Å²) in [6, 6.07) is 7.43.